The normalized spacial score (nSPS) is 19.4. The Kier molecular flexibility index (Phi) is 5.99. The molecule has 1 saturated heterocycles. The number of rotatable bonds is 5. The van der Waals surface area contributed by atoms with Crippen molar-refractivity contribution in [3.05, 3.63) is 32.7 Å². The second-order valence-corrected chi connectivity index (χ2v) is 10.1. The lowest BCUT2D eigenvalue weighted by Gasteiger charge is -2.26. The molecular weight excluding hydrogens is 445 g/mol. The number of amides is 1. The number of hydrogen-bond acceptors (Lipinski definition) is 7. The Morgan fingerprint density at radius 1 is 1.26 bits per heavy atom. The van der Waals surface area contributed by atoms with E-state index in [1.54, 1.807) is 20.8 Å². The van der Waals surface area contributed by atoms with Gasteiger partial charge in [-0.1, -0.05) is 0 Å². The van der Waals surface area contributed by atoms with Crippen LogP contribution in [0.2, 0.25) is 0 Å². The summed E-state index contributed by atoms with van der Waals surface area (Å²) in [4.78, 5) is 39.5. The molecule has 4 rings (SSSR count). The highest BCUT2D eigenvalue weighted by Gasteiger charge is 2.35. The smallest absolute Gasteiger partial charge is 0.407 e. The van der Waals surface area contributed by atoms with Crippen LogP contribution in [-0.2, 0) is 4.74 Å². The molecular formula is C23H32FN5O5. The van der Waals surface area contributed by atoms with Gasteiger partial charge in [-0.3, -0.25) is 9.36 Å². The van der Waals surface area contributed by atoms with Crippen LogP contribution in [0.5, 0.6) is 5.75 Å². The van der Waals surface area contributed by atoms with Gasteiger partial charge in [-0.05, 0) is 58.9 Å². The van der Waals surface area contributed by atoms with Crippen LogP contribution in [-0.4, -0.2) is 47.2 Å². The van der Waals surface area contributed by atoms with Crippen LogP contribution in [0.3, 0.4) is 0 Å². The second-order valence-electron chi connectivity index (χ2n) is 10.1. The lowest BCUT2D eigenvalue weighted by atomic mass is 10.0. The summed E-state index contributed by atoms with van der Waals surface area (Å²) in [6.07, 6.45) is 1.74. The highest BCUT2D eigenvalue weighted by molar-refractivity contribution is 5.91. The third-order valence-corrected chi connectivity index (χ3v) is 6.39. The van der Waals surface area contributed by atoms with Crippen LogP contribution >= 0.6 is 0 Å². The number of alkyl carbamates (subject to hydrolysis) is 1. The summed E-state index contributed by atoms with van der Waals surface area (Å²) in [5, 5.41) is 2.86. The number of carbonyl (C=O) groups excluding carboxylic acids is 1. The standard InChI is InChI=1S/C23H32FN5O5/c1-12(26-21(31)34-23(2,3)4)13-8-9-27(11-13)18-16(24)10-15-17(19(18)33-5)28(14-6-7-14)22(32)29(25)20(15)30/h10,12-14H,6-9,11,25H2,1-5H3,(H,26,31)/t12-,13-/m0/s1. The number of carbonyl (C=O) groups is 1. The number of nitrogen functional groups attached to an aromatic ring is 1. The zero-order valence-corrected chi connectivity index (χ0v) is 20.2. The van der Waals surface area contributed by atoms with Crippen LogP contribution in [0.15, 0.2) is 15.7 Å². The molecule has 34 heavy (non-hydrogen) atoms. The van der Waals surface area contributed by atoms with Gasteiger partial charge in [0.25, 0.3) is 5.56 Å². The molecule has 1 aliphatic heterocycles. The maximum absolute atomic E-state index is 15.4. The zero-order chi connectivity index (χ0) is 24.9. The van der Waals surface area contributed by atoms with E-state index in [1.165, 1.54) is 11.7 Å². The predicted molar refractivity (Wildman–Crippen MR) is 127 cm³/mol. The molecule has 1 aromatic carbocycles. The maximum atomic E-state index is 15.4. The third kappa shape index (κ3) is 4.30. The molecule has 1 aliphatic carbocycles. The molecule has 2 fully saturated rings. The first-order valence-corrected chi connectivity index (χ1v) is 11.5. The summed E-state index contributed by atoms with van der Waals surface area (Å²) >= 11 is 0. The number of nitrogens with zero attached hydrogens (tertiary/aromatic N) is 3. The highest BCUT2D eigenvalue weighted by Crippen LogP contribution is 2.43. The number of fused-ring (bicyclic) bond motifs is 1. The minimum absolute atomic E-state index is 0.00260. The minimum Gasteiger partial charge on any atom is -0.492 e. The minimum atomic E-state index is -0.768. The Bertz CT molecular complexity index is 1240. The second kappa shape index (κ2) is 8.52. The van der Waals surface area contributed by atoms with Gasteiger partial charge in [0, 0.05) is 25.2 Å². The first-order chi connectivity index (χ1) is 15.9. The Balaban J connectivity index is 1.69. The molecule has 1 amide bonds. The first-order valence-electron chi connectivity index (χ1n) is 11.5. The molecule has 2 aromatic rings. The first kappa shape index (κ1) is 23.9. The highest BCUT2D eigenvalue weighted by atomic mass is 19.1. The topological polar surface area (TPSA) is 121 Å². The molecule has 0 spiro atoms. The van der Waals surface area contributed by atoms with Crippen LogP contribution in [0.1, 0.15) is 53.0 Å². The molecule has 0 bridgehead atoms. The number of hydrogen-bond donors (Lipinski definition) is 2. The van der Waals surface area contributed by atoms with Crippen molar-refractivity contribution >= 4 is 22.7 Å². The van der Waals surface area contributed by atoms with E-state index in [-0.39, 0.29) is 40.3 Å². The van der Waals surface area contributed by atoms with Gasteiger partial charge in [0.2, 0.25) is 0 Å². The van der Waals surface area contributed by atoms with Gasteiger partial charge in [0.05, 0.1) is 12.5 Å². The van der Waals surface area contributed by atoms with E-state index < -0.39 is 28.8 Å². The van der Waals surface area contributed by atoms with Crippen molar-refractivity contribution in [2.24, 2.45) is 5.92 Å². The fourth-order valence-corrected chi connectivity index (χ4v) is 4.61. The number of methoxy groups -OCH3 is 1. The van der Waals surface area contributed by atoms with Crippen LogP contribution in [0.25, 0.3) is 10.9 Å². The summed E-state index contributed by atoms with van der Waals surface area (Å²) in [6, 6.07) is 0.817. The van der Waals surface area contributed by atoms with Crippen LogP contribution in [0, 0.1) is 11.7 Å². The van der Waals surface area contributed by atoms with E-state index in [4.69, 9.17) is 15.3 Å². The predicted octanol–water partition coefficient (Wildman–Crippen LogP) is 2.10. The zero-order valence-electron chi connectivity index (χ0n) is 20.2. The Morgan fingerprint density at radius 3 is 2.53 bits per heavy atom. The fraction of sp³-hybridized carbons (Fsp3) is 0.609. The van der Waals surface area contributed by atoms with Gasteiger partial charge >= 0.3 is 11.8 Å². The summed E-state index contributed by atoms with van der Waals surface area (Å²) in [6.45, 7) is 8.25. The molecule has 11 heteroatoms. The largest absolute Gasteiger partial charge is 0.492 e. The van der Waals surface area contributed by atoms with E-state index in [2.05, 4.69) is 5.32 Å². The quantitative estimate of drug-likeness (QED) is 0.633. The molecule has 2 atom stereocenters. The number of ether oxygens (including phenoxy) is 2. The Hall–Kier alpha value is -3.24. The SMILES string of the molecule is COc1c(N2CC[C@H]([C@H](C)NC(=O)OC(C)(C)C)C2)c(F)cc2c(=O)n(N)c(=O)n(C3CC3)c12. The molecule has 2 aliphatic rings. The summed E-state index contributed by atoms with van der Waals surface area (Å²) in [7, 11) is 1.40. The van der Waals surface area contributed by atoms with E-state index in [0.717, 1.165) is 18.9 Å². The molecule has 3 N–H and O–H groups in total. The molecule has 2 heterocycles. The van der Waals surface area contributed by atoms with Crippen molar-refractivity contribution in [3.8, 4) is 5.75 Å². The van der Waals surface area contributed by atoms with Gasteiger partial charge in [0.1, 0.15) is 16.8 Å². The van der Waals surface area contributed by atoms with Gasteiger partial charge in [0.15, 0.2) is 11.6 Å². The molecule has 0 unspecified atom stereocenters. The lowest BCUT2D eigenvalue weighted by molar-refractivity contribution is 0.0494. The van der Waals surface area contributed by atoms with E-state index >= 15 is 4.39 Å². The van der Waals surface area contributed by atoms with Gasteiger partial charge in [-0.25, -0.2) is 14.0 Å². The molecule has 1 aromatic heterocycles. The number of anilines is 1. The average Bonchev–Trinajstić information content (AvgIpc) is 3.45. The van der Waals surface area contributed by atoms with Gasteiger partial charge < -0.3 is 25.5 Å². The van der Waals surface area contributed by atoms with E-state index in [9.17, 15) is 14.4 Å². The number of benzene rings is 1. The Labute approximate surface area is 196 Å². The van der Waals surface area contributed by atoms with Gasteiger partial charge in [-0.15, -0.1) is 0 Å². The van der Waals surface area contributed by atoms with Crippen molar-refractivity contribution < 1.29 is 18.7 Å². The molecule has 1 saturated carbocycles. The van der Waals surface area contributed by atoms with Crippen molar-refractivity contribution in [3.63, 3.8) is 0 Å². The van der Waals surface area contributed by atoms with E-state index in [0.29, 0.717) is 24.2 Å². The molecule has 10 nitrogen and oxygen atoms in total. The third-order valence-electron chi connectivity index (χ3n) is 6.39. The molecule has 0 radical (unpaired) electrons. The number of halogens is 1. The maximum Gasteiger partial charge on any atom is 0.407 e. The van der Waals surface area contributed by atoms with Crippen LogP contribution < -0.4 is 32.0 Å². The summed E-state index contributed by atoms with van der Waals surface area (Å²) in [5.74, 6) is 5.25. The number of nitrogens with one attached hydrogen (secondary N) is 1. The Morgan fingerprint density at radius 2 is 1.94 bits per heavy atom. The molecule has 186 valence electrons. The fourth-order valence-electron chi connectivity index (χ4n) is 4.61. The monoisotopic (exact) mass is 477 g/mol. The summed E-state index contributed by atoms with van der Waals surface area (Å²) < 4.78 is 28.3. The van der Waals surface area contributed by atoms with Crippen molar-refractivity contribution in [1.82, 2.24) is 14.6 Å². The number of aromatic nitrogens is 2. The number of nitrogens with two attached hydrogens (primary N) is 1. The van der Waals surface area contributed by atoms with Crippen LogP contribution in [0.4, 0.5) is 14.9 Å². The summed E-state index contributed by atoms with van der Waals surface area (Å²) in [5.41, 5.74) is -1.56. The van der Waals surface area contributed by atoms with Crippen molar-refractivity contribution in [1.29, 1.82) is 0 Å². The van der Waals surface area contributed by atoms with E-state index in [1.807, 2.05) is 11.8 Å². The van der Waals surface area contributed by atoms with Crippen molar-refractivity contribution in [2.45, 2.75) is 64.6 Å². The lowest BCUT2D eigenvalue weighted by Crippen LogP contribution is -2.44. The van der Waals surface area contributed by atoms with Crippen molar-refractivity contribution in [2.75, 3.05) is 30.9 Å². The van der Waals surface area contributed by atoms with Gasteiger partial charge in [-0.2, -0.15) is 4.68 Å². The average molecular weight is 478 g/mol.